The molecule has 10 heteroatoms. The zero-order valence-electron chi connectivity index (χ0n) is 20.1. The molecule has 0 aliphatic heterocycles. The lowest BCUT2D eigenvalue weighted by molar-refractivity contribution is -0.625. The molecule has 1 amide bonds. The number of hydrazone groups is 1. The number of rotatable bonds is 9. The number of aryl methyl sites for hydroxylation is 1. The Kier molecular flexibility index (Phi) is 7.86. The zero-order chi connectivity index (χ0) is 25.5. The van der Waals surface area contributed by atoms with Gasteiger partial charge >= 0.3 is 5.16 Å². The summed E-state index contributed by atoms with van der Waals surface area (Å²) in [4.78, 5) is 12.5. The van der Waals surface area contributed by atoms with Crippen molar-refractivity contribution in [3.8, 4) is 34.3 Å². The Morgan fingerprint density at radius 1 is 1.11 bits per heavy atom. The molecule has 0 spiro atoms. The van der Waals surface area contributed by atoms with Gasteiger partial charge in [0.2, 0.25) is 0 Å². The lowest BCUT2D eigenvalue weighted by Gasteiger charge is -2.06. The third-order valence-electron chi connectivity index (χ3n) is 5.30. The molecule has 36 heavy (non-hydrogen) atoms. The first-order valence-electron chi connectivity index (χ1n) is 11.0. The number of H-pyrrole nitrogens is 1. The monoisotopic (exact) mass is 504 g/mol. The Hall–Kier alpha value is -4.31. The molecule has 3 aromatic carbocycles. The Morgan fingerprint density at radius 3 is 2.56 bits per heavy atom. The number of methoxy groups -OCH3 is 2. The fourth-order valence-electron chi connectivity index (χ4n) is 3.41. The topological polar surface area (TPSA) is 113 Å². The van der Waals surface area contributed by atoms with Crippen LogP contribution in [-0.4, -0.2) is 47.4 Å². The van der Waals surface area contributed by atoms with Crippen LogP contribution in [0.1, 0.15) is 11.1 Å². The molecule has 9 nitrogen and oxygen atoms in total. The van der Waals surface area contributed by atoms with Crippen molar-refractivity contribution >= 4 is 23.9 Å². The largest absolute Gasteiger partial charge is 0.504 e. The van der Waals surface area contributed by atoms with Gasteiger partial charge in [-0.15, -0.1) is 5.10 Å². The Balaban J connectivity index is 1.51. The number of hydrogen-bond donors (Lipinski definition) is 3. The van der Waals surface area contributed by atoms with Gasteiger partial charge in [0.1, 0.15) is 11.4 Å². The number of aromatic amines is 1. The van der Waals surface area contributed by atoms with Crippen LogP contribution in [0.15, 0.2) is 77.0 Å². The van der Waals surface area contributed by atoms with Gasteiger partial charge in [0, 0.05) is 5.56 Å². The second-order valence-electron chi connectivity index (χ2n) is 7.73. The summed E-state index contributed by atoms with van der Waals surface area (Å²) in [7, 11) is 3.09. The number of nitrogens with zero attached hydrogens (tertiary/aromatic N) is 3. The number of nitrogens with one attached hydrogen (secondary N) is 2. The van der Waals surface area contributed by atoms with E-state index in [4.69, 9.17) is 9.47 Å². The number of phenols is 1. The van der Waals surface area contributed by atoms with Crippen molar-refractivity contribution in [3.63, 3.8) is 0 Å². The lowest BCUT2D eigenvalue weighted by atomic mass is 10.2. The first-order valence-corrected chi connectivity index (χ1v) is 12.0. The normalized spacial score (nSPS) is 11.0. The Labute approximate surface area is 212 Å². The van der Waals surface area contributed by atoms with Gasteiger partial charge in [-0.05, 0) is 67.2 Å². The van der Waals surface area contributed by atoms with Crippen LogP contribution < -0.4 is 19.5 Å². The number of carbonyl (C=O) groups excluding carboxylic acids is 1. The molecule has 0 atom stereocenters. The molecule has 0 fully saturated rings. The van der Waals surface area contributed by atoms with Gasteiger partial charge in [-0.25, -0.2) is 5.43 Å². The minimum absolute atomic E-state index is 0.0471. The average molecular weight is 505 g/mol. The quantitative estimate of drug-likeness (QED) is 0.139. The molecule has 0 saturated carbocycles. The van der Waals surface area contributed by atoms with Crippen LogP contribution in [-0.2, 0) is 4.79 Å². The molecule has 1 heterocycles. The predicted octanol–water partition coefficient (Wildman–Crippen LogP) is 3.63. The van der Waals surface area contributed by atoms with E-state index in [1.165, 1.54) is 25.1 Å². The number of benzene rings is 3. The van der Waals surface area contributed by atoms with Crippen LogP contribution in [0.2, 0.25) is 0 Å². The van der Waals surface area contributed by atoms with Crippen molar-refractivity contribution in [1.29, 1.82) is 0 Å². The van der Waals surface area contributed by atoms with Crippen LogP contribution in [0.5, 0.6) is 17.2 Å². The number of ether oxygens (including phenoxy) is 2. The summed E-state index contributed by atoms with van der Waals surface area (Å²) in [5.74, 6) is 1.58. The molecule has 0 saturated heterocycles. The maximum Gasteiger partial charge on any atom is 0.342 e. The van der Waals surface area contributed by atoms with E-state index in [2.05, 4.69) is 20.7 Å². The summed E-state index contributed by atoms with van der Waals surface area (Å²) < 4.78 is 12.3. The lowest BCUT2D eigenvalue weighted by Crippen LogP contribution is -2.34. The highest BCUT2D eigenvalue weighted by Crippen LogP contribution is 2.28. The molecule has 184 valence electrons. The molecule has 0 bridgehead atoms. The van der Waals surface area contributed by atoms with E-state index in [0.717, 1.165) is 28.4 Å². The van der Waals surface area contributed by atoms with E-state index >= 15 is 0 Å². The summed E-state index contributed by atoms with van der Waals surface area (Å²) in [5.41, 5.74) is 5.88. The minimum Gasteiger partial charge on any atom is -0.504 e. The molecular formula is C26H26N5O4S+. The van der Waals surface area contributed by atoms with Crippen molar-refractivity contribution < 1.29 is 23.9 Å². The van der Waals surface area contributed by atoms with Gasteiger partial charge in [0.25, 0.3) is 11.7 Å². The van der Waals surface area contributed by atoms with Crippen LogP contribution >= 0.6 is 11.8 Å². The zero-order valence-corrected chi connectivity index (χ0v) is 20.9. The fourth-order valence-corrected chi connectivity index (χ4v) is 4.17. The third kappa shape index (κ3) is 5.66. The molecule has 0 unspecified atom stereocenters. The molecule has 0 radical (unpaired) electrons. The van der Waals surface area contributed by atoms with E-state index < -0.39 is 0 Å². The first-order chi connectivity index (χ1) is 17.5. The van der Waals surface area contributed by atoms with E-state index in [9.17, 15) is 9.90 Å². The maximum atomic E-state index is 12.5. The summed E-state index contributed by atoms with van der Waals surface area (Å²) in [6.45, 7) is 2.03. The molecule has 4 rings (SSSR count). The number of aromatic nitrogens is 3. The van der Waals surface area contributed by atoms with Gasteiger partial charge in [-0.1, -0.05) is 23.8 Å². The number of thioether (sulfide) groups is 1. The van der Waals surface area contributed by atoms with E-state index in [0.29, 0.717) is 16.5 Å². The number of amides is 1. The summed E-state index contributed by atoms with van der Waals surface area (Å²) in [6, 6.07) is 20.7. The molecule has 4 aromatic rings. The molecule has 0 aliphatic carbocycles. The summed E-state index contributed by atoms with van der Waals surface area (Å²) in [6.07, 6.45) is 1.36. The van der Waals surface area contributed by atoms with Gasteiger partial charge in [-0.3, -0.25) is 4.79 Å². The smallest absolute Gasteiger partial charge is 0.342 e. The van der Waals surface area contributed by atoms with Crippen molar-refractivity contribution in [2.24, 2.45) is 5.10 Å². The van der Waals surface area contributed by atoms with E-state index in [1.54, 1.807) is 25.3 Å². The molecule has 0 aliphatic rings. The highest BCUT2D eigenvalue weighted by Gasteiger charge is 2.24. The van der Waals surface area contributed by atoms with Crippen molar-refractivity contribution in [1.82, 2.24) is 15.6 Å². The van der Waals surface area contributed by atoms with Crippen molar-refractivity contribution in [2.75, 3.05) is 20.0 Å². The van der Waals surface area contributed by atoms with Gasteiger partial charge in [0.05, 0.1) is 36.8 Å². The van der Waals surface area contributed by atoms with Crippen LogP contribution in [0.3, 0.4) is 0 Å². The number of aromatic hydroxyl groups is 1. The van der Waals surface area contributed by atoms with Crippen LogP contribution in [0.4, 0.5) is 0 Å². The predicted molar refractivity (Wildman–Crippen MR) is 138 cm³/mol. The summed E-state index contributed by atoms with van der Waals surface area (Å²) >= 11 is 1.27. The molecular weight excluding hydrogens is 478 g/mol. The minimum atomic E-state index is -0.317. The highest BCUT2D eigenvalue weighted by atomic mass is 32.2. The Bertz CT molecular complexity index is 1370. The van der Waals surface area contributed by atoms with Crippen LogP contribution in [0.25, 0.3) is 17.1 Å². The molecule has 3 N–H and O–H groups in total. The summed E-state index contributed by atoms with van der Waals surface area (Å²) in [5, 5.41) is 22.3. The highest BCUT2D eigenvalue weighted by molar-refractivity contribution is 7.99. The number of phenolic OH excluding ortho intramolecular Hbond substituents is 1. The van der Waals surface area contributed by atoms with Crippen LogP contribution in [0, 0.1) is 6.92 Å². The van der Waals surface area contributed by atoms with Crippen molar-refractivity contribution in [2.45, 2.75) is 12.1 Å². The van der Waals surface area contributed by atoms with E-state index in [1.807, 2.05) is 60.0 Å². The number of carbonyl (C=O) groups is 1. The molecule has 1 aromatic heterocycles. The standard InChI is InChI=1S/C26H25N5O4S/c1-17-7-11-20(12-8-17)31-25(18-9-13-21(34-2)14-10-18)29-30-26(31)36-16-23(32)28-27-15-19-5-4-6-22(35-3)24(19)33/h4-15H,16H2,1-3H3,(H2,27,28,32,33)/p+1. The number of hydrogen-bond acceptors (Lipinski definition) is 7. The van der Waals surface area contributed by atoms with Gasteiger partial charge in [0.15, 0.2) is 11.5 Å². The maximum absolute atomic E-state index is 12.5. The van der Waals surface area contributed by atoms with Crippen molar-refractivity contribution in [3.05, 3.63) is 77.9 Å². The second kappa shape index (κ2) is 11.4. The SMILES string of the molecule is COc1ccc(-c2[nH]nc(SCC(=O)NN=Cc3cccc(OC)c3O)[n+]2-c2ccc(C)cc2)cc1. The first kappa shape index (κ1) is 24.8. The Morgan fingerprint density at radius 2 is 1.86 bits per heavy atom. The van der Waals surface area contributed by atoms with Gasteiger partial charge < -0.3 is 14.6 Å². The fraction of sp³-hybridized carbons (Fsp3) is 0.154. The third-order valence-corrected chi connectivity index (χ3v) is 6.24. The van der Waals surface area contributed by atoms with E-state index in [-0.39, 0.29) is 17.4 Å². The average Bonchev–Trinajstić information content (AvgIpc) is 3.33. The second-order valence-corrected chi connectivity index (χ2v) is 8.68. The number of para-hydroxylation sites is 1. The van der Waals surface area contributed by atoms with Gasteiger partial charge in [-0.2, -0.15) is 9.67 Å².